The summed E-state index contributed by atoms with van der Waals surface area (Å²) in [5, 5.41) is 4.79. The van der Waals surface area contributed by atoms with Gasteiger partial charge in [0.25, 0.3) is 0 Å². The van der Waals surface area contributed by atoms with E-state index in [-0.39, 0.29) is 0 Å². The van der Waals surface area contributed by atoms with E-state index >= 15 is 0 Å². The van der Waals surface area contributed by atoms with Gasteiger partial charge in [0.2, 0.25) is 0 Å². The van der Waals surface area contributed by atoms with Crippen LogP contribution in [-0.4, -0.2) is 44.3 Å². The minimum absolute atomic E-state index is 0.409. The summed E-state index contributed by atoms with van der Waals surface area (Å²) < 4.78 is 1.90. The first-order valence-corrected chi connectivity index (χ1v) is 8.49. The Morgan fingerprint density at radius 3 is 2.79 bits per heavy atom. The second-order valence-corrected chi connectivity index (χ2v) is 6.33. The zero-order valence-corrected chi connectivity index (χ0v) is 13.7. The topological polar surface area (TPSA) is 72.9 Å². The molecule has 1 fully saturated rings. The van der Waals surface area contributed by atoms with Crippen molar-refractivity contribution in [1.29, 1.82) is 0 Å². The number of nitrogens with zero attached hydrogens (tertiary/aromatic N) is 5. The Balaban J connectivity index is 1.55. The molecule has 1 unspecified atom stereocenters. The summed E-state index contributed by atoms with van der Waals surface area (Å²) in [6, 6.07) is 10.6. The third-order valence-electron chi connectivity index (χ3n) is 4.64. The molecule has 0 spiro atoms. The van der Waals surface area contributed by atoms with Crippen molar-refractivity contribution in [3.8, 4) is 0 Å². The Hall–Kier alpha value is -2.31. The number of hydrogen-bond donors (Lipinski definition) is 1. The Morgan fingerprint density at radius 2 is 1.96 bits per heavy atom. The summed E-state index contributed by atoms with van der Waals surface area (Å²) >= 11 is 0. The fraction of sp³-hybridized carbons (Fsp3) is 0.389. The normalized spacial score (nSPS) is 18.5. The summed E-state index contributed by atoms with van der Waals surface area (Å²) in [5.41, 5.74) is 9.91. The van der Waals surface area contributed by atoms with Crippen molar-refractivity contribution >= 4 is 11.2 Å². The first-order valence-electron chi connectivity index (χ1n) is 8.49. The quantitative estimate of drug-likeness (QED) is 0.775. The molecule has 24 heavy (non-hydrogen) atoms. The lowest BCUT2D eigenvalue weighted by atomic mass is 10.0. The number of rotatable bonds is 5. The minimum Gasteiger partial charge on any atom is -0.329 e. The number of fused-ring (bicyclic) bond motifs is 1. The van der Waals surface area contributed by atoms with Crippen LogP contribution in [0.5, 0.6) is 0 Å². The summed E-state index contributed by atoms with van der Waals surface area (Å²) in [5.74, 6) is 0.409. The van der Waals surface area contributed by atoms with Crippen LogP contribution in [0.2, 0.25) is 0 Å². The predicted octanol–water partition coefficient (Wildman–Crippen LogP) is 1.77. The molecular formula is C18H22N6. The van der Waals surface area contributed by atoms with E-state index in [0.717, 1.165) is 42.9 Å². The van der Waals surface area contributed by atoms with Crippen molar-refractivity contribution in [1.82, 2.24) is 24.6 Å². The molecule has 3 heterocycles. The van der Waals surface area contributed by atoms with E-state index in [1.165, 1.54) is 5.56 Å². The fourth-order valence-electron chi connectivity index (χ4n) is 3.52. The van der Waals surface area contributed by atoms with Gasteiger partial charge in [-0.25, -0.2) is 14.6 Å². The van der Waals surface area contributed by atoms with Gasteiger partial charge in [-0.15, -0.1) is 0 Å². The lowest BCUT2D eigenvalue weighted by Crippen LogP contribution is -2.20. The molecule has 6 heteroatoms. The molecule has 2 aromatic heterocycles. The monoisotopic (exact) mass is 322 g/mol. The van der Waals surface area contributed by atoms with Crippen LogP contribution in [0.25, 0.3) is 11.2 Å². The zero-order chi connectivity index (χ0) is 16.4. The highest BCUT2D eigenvalue weighted by Crippen LogP contribution is 2.30. The van der Waals surface area contributed by atoms with Crippen LogP contribution in [0.3, 0.4) is 0 Å². The molecule has 4 rings (SSSR count). The predicted molar refractivity (Wildman–Crippen MR) is 93.5 cm³/mol. The second kappa shape index (κ2) is 6.67. The third kappa shape index (κ3) is 2.90. The molecule has 6 nitrogen and oxygen atoms in total. The van der Waals surface area contributed by atoms with Gasteiger partial charge < -0.3 is 5.73 Å². The molecule has 0 bridgehead atoms. The van der Waals surface area contributed by atoms with E-state index in [0.29, 0.717) is 19.0 Å². The van der Waals surface area contributed by atoms with Crippen LogP contribution in [0.15, 0.2) is 42.7 Å². The highest BCUT2D eigenvalue weighted by molar-refractivity contribution is 5.73. The number of nitrogens with two attached hydrogens (primary N) is 1. The van der Waals surface area contributed by atoms with Crippen molar-refractivity contribution in [3.63, 3.8) is 0 Å². The second-order valence-electron chi connectivity index (χ2n) is 6.33. The first-order chi connectivity index (χ1) is 11.8. The highest BCUT2D eigenvalue weighted by atomic mass is 15.3. The molecule has 1 aliphatic heterocycles. The van der Waals surface area contributed by atoms with Crippen molar-refractivity contribution in [2.75, 3.05) is 19.6 Å². The lowest BCUT2D eigenvalue weighted by Gasteiger charge is -2.15. The molecule has 124 valence electrons. The van der Waals surface area contributed by atoms with Gasteiger partial charge in [0.05, 0.1) is 12.2 Å². The van der Waals surface area contributed by atoms with Crippen LogP contribution in [0.1, 0.15) is 23.6 Å². The Morgan fingerprint density at radius 1 is 1.12 bits per heavy atom. The van der Waals surface area contributed by atoms with Gasteiger partial charge in [-0.05, 0) is 18.5 Å². The third-order valence-corrected chi connectivity index (χ3v) is 4.64. The molecule has 2 N–H and O–H groups in total. The minimum atomic E-state index is 0.409. The number of aromatic nitrogens is 4. The van der Waals surface area contributed by atoms with Crippen LogP contribution >= 0.6 is 0 Å². The van der Waals surface area contributed by atoms with Crippen molar-refractivity contribution < 1.29 is 0 Å². The summed E-state index contributed by atoms with van der Waals surface area (Å²) in [6.07, 6.45) is 4.58. The standard InChI is InChI=1S/C18H22N6/c19-7-11-24-18-17(20-8-9-21-18)16(22-24)15-6-10-23(13-15)12-14-4-2-1-3-5-14/h1-5,8-9,15H,6-7,10-13,19H2. The average molecular weight is 322 g/mol. The van der Waals surface area contributed by atoms with Gasteiger partial charge >= 0.3 is 0 Å². The summed E-state index contributed by atoms with van der Waals surface area (Å²) in [6.45, 7) is 4.32. The van der Waals surface area contributed by atoms with Gasteiger partial charge in [-0.1, -0.05) is 30.3 Å². The van der Waals surface area contributed by atoms with Crippen LogP contribution in [0, 0.1) is 0 Å². The van der Waals surface area contributed by atoms with E-state index in [4.69, 9.17) is 10.8 Å². The zero-order valence-electron chi connectivity index (χ0n) is 13.7. The molecule has 0 amide bonds. The average Bonchev–Trinajstić information content (AvgIpc) is 3.21. The smallest absolute Gasteiger partial charge is 0.177 e. The molecule has 1 aliphatic rings. The maximum Gasteiger partial charge on any atom is 0.177 e. The first kappa shape index (κ1) is 15.2. The Kier molecular flexibility index (Phi) is 4.23. The van der Waals surface area contributed by atoms with Gasteiger partial charge in [0.1, 0.15) is 5.52 Å². The van der Waals surface area contributed by atoms with Crippen molar-refractivity contribution in [3.05, 3.63) is 54.0 Å². The molecule has 0 aliphatic carbocycles. The van der Waals surface area contributed by atoms with E-state index in [9.17, 15) is 0 Å². The molecule has 1 saturated heterocycles. The molecule has 1 aromatic carbocycles. The molecule has 0 saturated carbocycles. The van der Waals surface area contributed by atoms with Gasteiger partial charge in [-0.2, -0.15) is 5.10 Å². The molecule has 0 radical (unpaired) electrons. The number of likely N-dealkylation sites (tertiary alicyclic amines) is 1. The van der Waals surface area contributed by atoms with Gasteiger partial charge in [0, 0.05) is 37.9 Å². The number of hydrogen-bond acceptors (Lipinski definition) is 5. The lowest BCUT2D eigenvalue weighted by molar-refractivity contribution is 0.326. The summed E-state index contributed by atoms with van der Waals surface area (Å²) in [7, 11) is 0. The molecular weight excluding hydrogens is 300 g/mol. The molecule has 1 atom stereocenters. The van der Waals surface area contributed by atoms with Crippen molar-refractivity contribution in [2.45, 2.75) is 25.4 Å². The number of benzene rings is 1. The van der Waals surface area contributed by atoms with E-state index < -0.39 is 0 Å². The van der Waals surface area contributed by atoms with Crippen LogP contribution < -0.4 is 5.73 Å². The van der Waals surface area contributed by atoms with Gasteiger partial charge in [-0.3, -0.25) is 4.90 Å². The molecule has 3 aromatic rings. The van der Waals surface area contributed by atoms with E-state index in [1.807, 2.05) is 4.68 Å². The Bertz CT molecular complexity index is 813. The fourth-order valence-corrected chi connectivity index (χ4v) is 3.52. The SMILES string of the molecule is NCCn1nc(C2CCN(Cc3ccccc3)C2)c2nccnc21. The van der Waals surface area contributed by atoms with Crippen LogP contribution in [-0.2, 0) is 13.1 Å². The maximum absolute atomic E-state index is 5.71. The van der Waals surface area contributed by atoms with E-state index in [1.54, 1.807) is 12.4 Å². The summed E-state index contributed by atoms with van der Waals surface area (Å²) in [4.78, 5) is 11.5. The largest absolute Gasteiger partial charge is 0.329 e. The highest BCUT2D eigenvalue weighted by Gasteiger charge is 2.28. The van der Waals surface area contributed by atoms with Crippen LogP contribution in [0.4, 0.5) is 0 Å². The maximum atomic E-state index is 5.71. The Labute approximate surface area is 141 Å². The van der Waals surface area contributed by atoms with Crippen molar-refractivity contribution in [2.24, 2.45) is 5.73 Å². The van der Waals surface area contributed by atoms with E-state index in [2.05, 4.69) is 45.2 Å². The van der Waals surface area contributed by atoms with Gasteiger partial charge in [0.15, 0.2) is 5.65 Å².